The Balaban J connectivity index is 3.36. The molecule has 0 spiro atoms. The number of aliphatic hydroxyl groups excluding tert-OH is 2. The van der Waals surface area contributed by atoms with Gasteiger partial charge in [0.05, 0.1) is 25.4 Å². The van der Waals surface area contributed by atoms with E-state index in [2.05, 4.69) is 31.3 Å². The van der Waals surface area contributed by atoms with E-state index in [1.54, 1.807) is 0 Å². The third kappa shape index (κ3) is 67.6. The molecule has 0 radical (unpaired) electrons. The van der Waals surface area contributed by atoms with E-state index >= 15 is 0 Å². The summed E-state index contributed by atoms with van der Waals surface area (Å²) in [4.78, 5) is 24.6. The Kier molecular flexibility index (Phi) is 69.9. The van der Waals surface area contributed by atoms with E-state index < -0.39 is 12.1 Å². The predicted molar refractivity (Wildman–Crippen MR) is 357 cm³/mol. The van der Waals surface area contributed by atoms with E-state index in [0.29, 0.717) is 25.9 Å². The molecule has 6 heteroatoms. The summed E-state index contributed by atoms with van der Waals surface area (Å²) in [6.07, 6.45) is 88.5. The fraction of sp³-hybridized carbons (Fsp3) is 0.947. The summed E-state index contributed by atoms with van der Waals surface area (Å²) in [6, 6.07) is -0.540. The zero-order valence-electron chi connectivity index (χ0n) is 55.3. The van der Waals surface area contributed by atoms with Crippen molar-refractivity contribution in [2.75, 3.05) is 13.2 Å². The number of nitrogens with one attached hydrogen (secondary N) is 1. The van der Waals surface area contributed by atoms with Crippen LogP contribution in [0.1, 0.15) is 431 Å². The second-order valence-corrected chi connectivity index (χ2v) is 26.0. The van der Waals surface area contributed by atoms with Crippen LogP contribution in [0.5, 0.6) is 0 Å². The molecule has 0 aromatic rings. The number of carbonyl (C=O) groups is 2. The van der Waals surface area contributed by atoms with Crippen LogP contribution in [0.15, 0.2) is 12.2 Å². The third-order valence-electron chi connectivity index (χ3n) is 17.8. The van der Waals surface area contributed by atoms with Crippen LogP contribution < -0.4 is 5.32 Å². The molecule has 1 amide bonds. The van der Waals surface area contributed by atoms with E-state index in [-0.39, 0.29) is 18.5 Å². The summed E-state index contributed by atoms with van der Waals surface area (Å²) in [5.74, 6) is -0.00811. The summed E-state index contributed by atoms with van der Waals surface area (Å²) in [7, 11) is 0. The fourth-order valence-electron chi connectivity index (χ4n) is 12.1. The van der Waals surface area contributed by atoms with E-state index in [4.69, 9.17) is 4.74 Å². The van der Waals surface area contributed by atoms with Gasteiger partial charge >= 0.3 is 5.97 Å². The van der Waals surface area contributed by atoms with Gasteiger partial charge in [-0.15, -0.1) is 0 Å². The van der Waals surface area contributed by atoms with Gasteiger partial charge in [0, 0.05) is 12.8 Å². The molecule has 6 nitrogen and oxygen atoms in total. The fourth-order valence-corrected chi connectivity index (χ4v) is 12.1. The number of hydrogen-bond acceptors (Lipinski definition) is 5. The van der Waals surface area contributed by atoms with Gasteiger partial charge in [-0.2, -0.15) is 0 Å². The Morgan fingerprint density at radius 3 is 0.877 bits per heavy atom. The zero-order chi connectivity index (χ0) is 58.5. The molecular formula is C75H147NO5. The third-order valence-corrected chi connectivity index (χ3v) is 17.8. The van der Waals surface area contributed by atoms with Gasteiger partial charge in [-0.3, -0.25) is 9.59 Å². The number of allylic oxidation sites excluding steroid dienone is 2. The average Bonchev–Trinajstić information content (AvgIpc) is 3.47. The molecule has 482 valence electrons. The van der Waals surface area contributed by atoms with Crippen LogP contribution in [0.25, 0.3) is 0 Å². The smallest absolute Gasteiger partial charge is 0.305 e. The van der Waals surface area contributed by atoms with E-state index in [1.165, 1.54) is 360 Å². The quantitative estimate of drug-likeness (QED) is 0.0320. The summed E-state index contributed by atoms with van der Waals surface area (Å²) in [5, 5.41) is 23.4. The van der Waals surface area contributed by atoms with E-state index in [0.717, 1.165) is 38.5 Å². The molecule has 81 heavy (non-hydrogen) atoms. The number of carbonyl (C=O) groups excluding carboxylic acids is 2. The van der Waals surface area contributed by atoms with Gasteiger partial charge in [0.2, 0.25) is 5.91 Å². The standard InChI is InChI=1S/C75H147NO5/c1-3-5-7-9-11-13-15-17-18-19-20-32-35-38-41-44-47-51-55-59-63-67-73(78)72(71-77)76-74(79)68-64-60-56-52-48-45-42-39-36-33-30-28-26-24-22-21-23-25-27-29-31-34-37-40-43-46-50-54-58-62-66-70-81-75(80)69-65-61-57-53-49-16-14-12-10-8-6-4-2/h23,25,72-73,77-78H,3-22,24,26-71H2,1-2H3,(H,76,79)/b25-23-. The lowest BCUT2D eigenvalue weighted by molar-refractivity contribution is -0.143. The second-order valence-electron chi connectivity index (χ2n) is 26.0. The van der Waals surface area contributed by atoms with Crippen molar-refractivity contribution in [1.82, 2.24) is 5.32 Å². The van der Waals surface area contributed by atoms with Crippen molar-refractivity contribution >= 4 is 11.9 Å². The van der Waals surface area contributed by atoms with Crippen LogP contribution in [0.3, 0.4) is 0 Å². The number of esters is 1. The van der Waals surface area contributed by atoms with Gasteiger partial charge in [-0.05, 0) is 51.4 Å². The number of hydrogen-bond donors (Lipinski definition) is 3. The molecule has 0 aliphatic heterocycles. The average molecular weight is 1140 g/mol. The summed E-state index contributed by atoms with van der Waals surface area (Å²) in [6.45, 7) is 5.00. The zero-order valence-corrected chi connectivity index (χ0v) is 55.3. The molecule has 0 aliphatic rings. The molecule has 0 fully saturated rings. The maximum Gasteiger partial charge on any atom is 0.305 e. The summed E-state index contributed by atoms with van der Waals surface area (Å²) >= 11 is 0. The van der Waals surface area contributed by atoms with Crippen molar-refractivity contribution in [2.24, 2.45) is 0 Å². The second kappa shape index (κ2) is 71.1. The van der Waals surface area contributed by atoms with Crippen molar-refractivity contribution in [3.05, 3.63) is 12.2 Å². The first-order valence-electron chi connectivity index (χ1n) is 37.4. The lowest BCUT2D eigenvalue weighted by Crippen LogP contribution is -2.45. The molecule has 0 rings (SSSR count). The first kappa shape index (κ1) is 79.6. The molecule has 0 bridgehead atoms. The Labute approximate surface area is 508 Å². The molecule has 0 saturated carbocycles. The minimum Gasteiger partial charge on any atom is -0.466 e. The molecule has 0 aliphatic carbocycles. The Morgan fingerprint density at radius 2 is 0.580 bits per heavy atom. The largest absolute Gasteiger partial charge is 0.466 e. The molecular weight excluding hydrogens is 995 g/mol. The van der Waals surface area contributed by atoms with Crippen LogP contribution in [0.4, 0.5) is 0 Å². The first-order valence-corrected chi connectivity index (χ1v) is 37.4. The van der Waals surface area contributed by atoms with Crippen molar-refractivity contribution < 1.29 is 24.5 Å². The van der Waals surface area contributed by atoms with Crippen LogP contribution >= 0.6 is 0 Å². The molecule has 0 heterocycles. The maximum absolute atomic E-state index is 12.6. The van der Waals surface area contributed by atoms with Crippen molar-refractivity contribution in [2.45, 2.75) is 443 Å². The summed E-state index contributed by atoms with van der Waals surface area (Å²) < 4.78 is 5.48. The highest BCUT2D eigenvalue weighted by atomic mass is 16.5. The Morgan fingerprint density at radius 1 is 0.333 bits per heavy atom. The monoisotopic (exact) mass is 1140 g/mol. The lowest BCUT2D eigenvalue weighted by Gasteiger charge is -2.22. The maximum atomic E-state index is 12.6. The molecule has 0 aromatic heterocycles. The number of amides is 1. The minimum absolute atomic E-state index is 0.0194. The highest BCUT2D eigenvalue weighted by molar-refractivity contribution is 5.76. The van der Waals surface area contributed by atoms with Gasteiger partial charge in [-0.25, -0.2) is 0 Å². The molecule has 2 atom stereocenters. The molecule has 2 unspecified atom stereocenters. The predicted octanol–water partition coefficient (Wildman–Crippen LogP) is 24.3. The molecule has 3 N–H and O–H groups in total. The van der Waals surface area contributed by atoms with E-state index in [1.807, 2.05) is 0 Å². The van der Waals surface area contributed by atoms with Gasteiger partial charge in [-0.1, -0.05) is 379 Å². The Hall–Kier alpha value is -1.40. The van der Waals surface area contributed by atoms with E-state index in [9.17, 15) is 19.8 Å². The normalized spacial score (nSPS) is 12.5. The van der Waals surface area contributed by atoms with Crippen LogP contribution in [-0.4, -0.2) is 47.4 Å². The SMILES string of the molecule is CCCCCCCCCCCCCCCCCCCCCCCC(O)C(CO)NC(=O)CCCCCCCCCCCCCCCCC/C=C\CCCCCCCCCCCCCCOC(=O)CCCCCCCCCCCCCC. The molecule has 0 saturated heterocycles. The Bertz CT molecular complexity index is 1220. The minimum atomic E-state index is -0.663. The first-order chi connectivity index (χ1) is 40.0. The molecule has 0 aromatic carbocycles. The van der Waals surface area contributed by atoms with Crippen LogP contribution in [0.2, 0.25) is 0 Å². The highest BCUT2D eigenvalue weighted by Gasteiger charge is 2.20. The van der Waals surface area contributed by atoms with Gasteiger partial charge in [0.25, 0.3) is 0 Å². The number of ether oxygens (including phenoxy) is 1. The van der Waals surface area contributed by atoms with Crippen LogP contribution in [0, 0.1) is 0 Å². The summed E-state index contributed by atoms with van der Waals surface area (Å²) in [5.41, 5.74) is 0. The van der Waals surface area contributed by atoms with Crippen molar-refractivity contribution in [1.29, 1.82) is 0 Å². The number of aliphatic hydroxyl groups is 2. The van der Waals surface area contributed by atoms with Crippen molar-refractivity contribution in [3.8, 4) is 0 Å². The van der Waals surface area contributed by atoms with Gasteiger partial charge in [0.15, 0.2) is 0 Å². The van der Waals surface area contributed by atoms with Gasteiger partial charge in [0.1, 0.15) is 0 Å². The lowest BCUT2D eigenvalue weighted by atomic mass is 10.0. The number of rotatable bonds is 71. The van der Waals surface area contributed by atoms with Gasteiger partial charge < -0.3 is 20.3 Å². The van der Waals surface area contributed by atoms with Crippen molar-refractivity contribution in [3.63, 3.8) is 0 Å². The number of unbranched alkanes of at least 4 members (excludes halogenated alkanes) is 58. The highest BCUT2D eigenvalue weighted by Crippen LogP contribution is 2.20. The topological polar surface area (TPSA) is 95.9 Å². The van der Waals surface area contributed by atoms with Crippen LogP contribution in [-0.2, 0) is 14.3 Å².